The number of carbonyl (C=O) groups is 1. The second-order valence-electron chi connectivity index (χ2n) is 6.31. The van der Waals surface area contributed by atoms with Crippen molar-refractivity contribution in [3.05, 3.63) is 101 Å². The molecule has 0 atom stereocenters. The predicted octanol–water partition coefficient (Wildman–Crippen LogP) is 5.73. The number of halogens is 2. The molecule has 1 heterocycles. The van der Waals surface area contributed by atoms with E-state index in [4.69, 9.17) is 32.7 Å². The smallest absolute Gasteiger partial charge is 0.248 e. The van der Waals surface area contributed by atoms with Crippen LogP contribution in [0.5, 0.6) is 5.75 Å². The molecule has 3 aromatic rings. The number of amides is 1. The number of benzene rings is 3. The van der Waals surface area contributed by atoms with E-state index in [0.29, 0.717) is 19.7 Å². The van der Waals surface area contributed by atoms with Crippen LogP contribution in [0.1, 0.15) is 5.56 Å². The maximum Gasteiger partial charge on any atom is 0.248 e. The molecule has 0 spiro atoms. The molecular weight excluding hydrogens is 421 g/mol. The van der Waals surface area contributed by atoms with Gasteiger partial charge in [-0.3, -0.25) is 4.79 Å². The van der Waals surface area contributed by atoms with Crippen LogP contribution in [0.15, 0.2) is 84.9 Å². The largest absolute Gasteiger partial charge is 0.497 e. The maximum atomic E-state index is 11.5. The Kier molecular flexibility index (Phi) is 10.8. The average molecular weight is 446 g/mol. The number of hydrogen-bond donors (Lipinski definition) is 0. The first-order chi connectivity index (χ1) is 14.6. The van der Waals surface area contributed by atoms with Crippen molar-refractivity contribution < 1.29 is 14.3 Å². The Balaban J connectivity index is 0.000000188. The molecule has 4 rings (SSSR count). The van der Waals surface area contributed by atoms with Gasteiger partial charge in [0.1, 0.15) is 12.4 Å². The first kappa shape index (κ1) is 23.7. The highest BCUT2D eigenvalue weighted by Crippen LogP contribution is 2.14. The molecule has 1 aliphatic heterocycles. The van der Waals surface area contributed by atoms with Crippen molar-refractivity contribution in [2.24, 2.45) is 0 Å². The van der Waals surface area contributed by atoms with Crippen molar-refractivity contribution in [3.63, 3.8) is 0 Å². The summed E-state index contributed by atoms with van der Waals surface area (Å²) in [5, 5.41) is 1.59. The Labute approximate surface area is 187 Å². The van der Waals surface area contributed by atoms with Crippen molar-refractivity contribution in [2.45, 2.75) is 6.54 Å². The van der Waals surface area contributed by atoms with Crippen LogP contribution in [0.25, 0.3) is 0 Å². The number of nitrogens with zero attached hydrogens (tertiary/aromatic N) is 1. The Morgan fingerprint density at radius 2 is 1.40 bits per heavy atom. The van der Waals surface area contributed by atoms with Gasteiger partial charge in [-0.2, -0.15) is 0 Å². The Bertz CT molecular complexity index is 821. The van der Waals surface area contributed by atoms with E-state index >= 15 is 0 Å². The fourth-order valence-electron chi connectivity index (χ4n) is 2.50. The summed E-state index contributed by atoms with van der Waals surface area (Å²) in [6.07, 6.45) is 0. The lowest BCUT2D eigenvalue weighted by Crippen LogP contribution is -2.40. The van der Waals surface area contributed by atoms with Crippen LogP contribution < -0.4 is 4.74 Å². The van der Waals surface area contributed by atoms with Crippen molar-refractivity contribution in [3.8, 4) is 5.75 Å². The molecule has 0 unspecified atom stereocenters. The molecule has 0 N–H and O–H groups in total. The van der Waals surface area contributed by atoms with E-state index in [2.05, 4.69) is 0 Å². The predicted molar refractivity (Wildman–Crippen MR) is 122 cm³/mol. The summed E-state index contributed by atoms with van der Waals surface area (Å²) < 4.78 is 10.2. The molecule has 0 aliphatic carbocycles. The van der Waals surface area contributed by atoms with Gasteiger partial charge in [0.05, 0.1) is 13.7 Å². The number of morpholine rings is 1. The summed E-state index contributed by atoms with van der Waals surface area (Å²) in [5.74, 6) is 0.888. The van der Waals surface area contributed by atoms with E-state index in [1.54, 1.807) is 7.11 Å². The summed E-state index contributed by atoms with van der Waals surface area (Å²) in [6.45, 7) is 2.15. The highest BCUT2D eigenvalue weighted by Gasteiger charge is 2.18. The third kappa shape index (κ3) is 9.31. The van der Waals surface area contributed by atoms with Gasteiger partial charge in [-0.25, -0.2) is 0 Å². The van der Waals surface area contributed by atoms with E-state index in [-0.39, 0.29) is 12.5 Å². The van der Waals surface area contributed by atoms with Gasteiger partial charge < -0.3 is 14.4 Å². The lowest BCUT2D eigenvalue weighted by atomic mass is 10.2. The van der Waals surface area contributed by atoms with Crippen LogP contribution in [0, 0.1) is 0 Å². The Morgan fingerprint density at radius 1 is 0.867 bits per heavy atom. The third-order valence-corrected chi connectivity index (χ3v) is 4.59. The van der Waals surface area contributed by atoms with Crippen LogP contribution in [-0.2, 0) is 16.1 Å². The molecule has 0 saturated carbocycles. The van der Waals surface area contributed by atoms with Crippen LogP contribution >= 0.6 is 23.2 Å². The molecule has 1 fully saturated rings. The quantitative estimate of drug-likeness (QED) is 0.516. The minimum absolute atomic E-state index is 0.0575. The number of hydrogen-bond acceptors (Lipinski definition) is 3. The second kappa shape index (κ2) is 13.6. The van der Waals surface area contributed by atoms with Gasteiger partial charge in [-0.15, -0.1) is 0 Å². The van der Waals surface area contributed by atoms with E-state index in [1.807, 2.05) is 89.8 Å². The van der Waals surface area contributed by atoms with E-state index < -0.39 is 0 Å². The molecule has 6 heteroatoms. The molecule has 1 aliphatic rings. The monoisotopic (exact) mass is 445 g/mol. The number of rotatable bonds is 3. The van der Waals surface area contributed by atoms with Gasteiger partial charge in [0.2, 0.25) is 5.91 Å². The van der Waals surface area contributed by atoms with Crippen LogP contribution in [0.2, 0.25) is 10.0 Å². The summed E-state index contributed by atoms with van der Waals surface area (Å²) in [5.41, 5.74) is 1.11. The summed E-state index contributed by atoms with van der Waals surface area (Å²) in [7, 11) is 1.64. The molecular formula is C24H25Cl2NO3. The first-order valence-electron chi connectivity index (χ1n) is 9.48. The SMILES string of the molecule is COc1ccc(CN2CCOCC2=O)cc1.Clc1ccccc1.Clc1ccccc1. The van der Waals surface area contributed by atoms with Crippen LogP contribution in [-0.4, -0.2) is 37.7 Å². The van der Waals surface area contributed by atoms with Gasteiger partial charge >= 0.3 is 0 Å². The summed E-state index contributed by atoms with van der Waals surface area (Å²) in [6, 6.07) is 26.6. The minimum Gasteiger partial charge on any atom is -0.497 e. The normalized spacial score (nSPS) is 12.8. The Hall–Kier alpha value is -2.53. The van der Waals surface area contributed by atoms with Crippen molar-refractivity contribution >= 4 is 29.1 Å². The molecule has 1 saturated heterocycles. The fraction of sp³-hybridized carbons (Fsp3) is 0.208. The topological polar surface area (TPSA) is 38.8 Å². The zero-order chi connectivity index (χ0) is 21.6. The van der Waals surface area contributed by atoms with E-state index in [0.717, 1.165) is 21.4 Å². The highest BCUT2D eigenvalue weighted by atomic mass is 35.5. The van der Waals surface area contributed by atoms with Crippen LogP contribution in [0.4, 0.5) is 0 Å². The molecule has 30 heavy (non-hydrogen) atoms. The standard InChI is InChI=1S/C12H15NO3.2C6H5Cl/c1-15-11-4-2-10(3-5-11)8-13-6-7-16-9-12(13)14;2*7-6-4-2-1-3-5-6/h2-5H,6-9H2,1H3;2*1-5H. The average Bonchev–Trinajstić information content (AvgIpc) is 2.78. The van der Waals surface area contributed by atoms with Gasteiger partial charge in [0.25, 0.3) is 0 Å². The molecule has 158 valence electrons. The third-order valence-electron chi connectivity index (χ3n) is 4.08. The highest BCUT2D eigenvalue weighted by molar-refractivity contribution is 6.30. The first-order valence-corrected chi connectivity index (χ1v) is 10.2. The van der Waals surface area contributed by atoms with Crippen molar-refractivity contribution in [1.29, 1.82) is 0 Å². The van der Waals surface area contributed by atoms with E-state index in [9.17, 15) is 4.79 Å². The van der Waals surface area contributed by atoms with Gasteiger partial charge in [0.15, 0.2) is 0 Å². The zero-order valence-corrected chi connectivity index (χ0v) is 18.4. The number of ether oxygens (including phenoxy) is 2. The molecule has 0 bridgehead atoms. The number of methoxy groups -OCH3 is 1. The lowest BCUT2D eigenvalue weighted by Gasteiger charge is -2.26. The summed E-state index contributed by atoms with van der Waals surface area (Å²) >= 11 is 11.1. The van der Waals surface area contributed by atoms with Crippen molar-refractivity contribution in [1.82, 2.24) is 4.90 Å². The number of carbonyl (C=O) groups excluding carboxylic acids is 1. The van der Waals surface area contributed by atoms with Crippen LogP contribution in [0.3, 0.4) is 0 Å². The van der Waals surface area contributed by atoms with Gasteiger partial charge in [0, 0.05) is 23.1 Å². The maximum absolute atomic E-state index is 11.5. The van der Waals surface area contributed by atoms with Crippen molar-refractivity contribution in [2.75, 3.05) is 26.9 Å². The lowest BCUT2D eigenvalue weighted by molar-refractivity contribution is -0.143. The zero-order valence-electron chi connectivity index (χ0n) is 16.8. The molecule has 3 aromatic carbocycles. The Morgan fingerprint density at radius 3 is 1.80 bits per heavy atom. The van der Waals surface area contributed by atoms with Gasteiger partial charge in [-0.05, 0) is 42.0 Å². The molecule has 0 radical (unpaired) electrons. The summed E-state index contributed by atoms with van der Waals surface area (Å²) in [4.78, 5) is 13.3. The molecule has 0 aromatic heterocycles. The fourth-order valence-corrected chi connectivity index (χ4v) is 2.79. The second-order valence-corrected chi connectivity index (χ2v) is 7.18. The van der Waals surface area contributed by atoms with E-state index in [1.165, 1.54) is 0 Å². The minimum atomic E-state index is 0.0575. The molecule has 1 amide bonds. The molecule has 4 nitrogen and oxygen atoms in total. The van der Waals surface area contributed by atoms with Gasteiger partial charge in [-0.1, -0.05) is 71.7 Å².